The molecular formula is C22H18F2N5O2+. The van der Waals surface area contributed by atoms with Crippen LogP contribution in [-0.2, 0) is 5.67 Å². The maximum absolute atomic E-state index is 16.2. The first-order chi connectivity index (χ1) is 14.9. The van der Waals surface area contributed by atoms with Crippen LogP contribution in [0.25, 0.3) is 27.9 Å². The lowest BCUT2D eigenvalue weighted by Crippen LogP contribution is -2.35. The molecular weight excluding hydrogens is 404 g/mol. The van der Waals surface area contributed by atoms with Gasteiger partial charge in [0.15, 0.2) is 5.76 Å². The summed E-state index contributed by atoms with van der Waals surface area (Å²) in [6.45, 7) is 3.16. The van der Waals surface area contributed by atoms with E-state index < -0.39 is 11.5 Å². The molecule has 5 aromatic rings. The fraction of sp³-hybridized carbons (Fsp3) is 0.182. The van der Waals surface area contributed by atoms with E-state index in [0.29, 0.717) is 33.8 Å². The highest BCUT2D eigenvalue weighted by Gasteiger charge is 2.39. The monoisotopic (exact) mass is 422 g/mol. The van der Waals surface area contributed by atoms with Crippen LogP contribution in [0.5, 0.6) is 5.75 Å². The summed E-state index contributed by atoms with van der Waals surface area (Å²) >= 11 is 0. The summed E-state index contributed by atoms with van der Waals surface area (Å²) in [6, 6.07) is 9.81. The van der Waals surface area contributed by atoms with Crippen molar-refractivity contribution in [2.24, 2.45) is 0 Å². The molecule has 7 nitrogen and oxygen atoms in total. The lowest BCUT2D eigenvalue weighted by Gasteiger charge is -2.17. The van der Waals surface area contributed by atoms with Gasteiger partial charge in [-0.15, -0.1) is 5.10 Å². The third-order valence-electron chi connectivity index (χ3n) is 5.29. The number of nitrogens with zero attached hydrogens (tertiary/aromatic N) is 4. The number of alkyl halides is 1. The molecule has 0 radical (unpaired) electrons. The van der Waals surface area contributed by atoms with Crippen molar-refractivity contribution in [3.8, 4) is 17.1 Å². The first kappa shape index (κ1) is 19.1. The summed E-state index contributed by atoms with van der Waals surface area (Å²) in [4.78, 5) is 4.31. The molecule has 0 aliphatic rings. The summed E-state index contributed by atoms with van der Waals surface area (Å²) in [5.41, 5.74) is 0.0952. The van der Waals surface area contributed by atoms with Crippen LogP contribution >= 0.6 is 0 Å². The molecule has 4 aromatic heterocycles. The Hall–Kier alpha value is -3.88. The highest BCUT2D eigenvalue weighted by Crippen LogP contribution is 2.33. The summed E-state index contributed by atoms with van der Waals surface area (Å²) in [5.74, 6) is 0.398. The van der Waals surface area contributed by atoms with E-state index in [-0.39, 0.29) is 11.5 Å². The van der Waals surface area contributed by atoms with Crippen LogP contribution in [0.4, 0.5) is 8.78 Å². The van der Waals surface area contributed by atoms with Crippen LogP contribution in [0.2, 0.25) is 0 Å². The maximum atomic E-state index is 16.2. The number of ether oxygens (including phenoxy) is 1. The molecule has 0 unspecified atom stereocenters. The Morgan fingerprint density at radius 3 is 2.77 bits per heavy atom. The van der Waals surface area contributed by atoms with Gasteiger partial charge in [0.05, 0.1) is 36.3 Å². The van der Waals surface area contributed by atoms with Gasteiger partial charge in [0.1, 0.15) is 5.75 Å². The zero-order valence-corrected chi connectivity index (χ0v) is 17.0. The predicted molar refractivity (Wildman–Crippen MR) is 108 cm³/mol. The van der Waals surface area contributed by atoms with Gasteiger partial charge in [-0.25, -0.2) is 4.39 Å². The van der Waals surface area contributed by atoms with E-state index in [4.69, 9.17) is 9.26 Å². The molecule has 1 atom stereocenters. The lowest BCUT2D eigenvalue weighted by atomic mass is 9.95. The van der Waals surface area contributed by atoms with Crippen LogP contribution in [-0.4, -0.2) is 27.4 Å². The maximum Gasteiger partial charge on any atom is 0.342 e. The van der Waals surface area contributed by atoms with Crippen LogP contribution in [0.3, 0.4) is 0 Å². The van der Waals surface area contributed by atoms with Crippen molar-refractivity contribution >= 4 is 16.6 Å². The molecule has 9 heteroatoms. The number of methoxy groups -OCH3 is 1. The van der Waals surface area contributed by atoms with Crippen molar-refractivity contribution in [3.05, 3.63) is 71.7 Å². The molecule has 4 heterocycles. The van der Waals surface area contributed by atoms with Crippen LogP contribution in [0, 0.1) is 12.7 Å². The van der Waals surface area contributed by atoms with Gasteiger partial charge in [0, 0.05) is 22.1 Å². The van der Waals surface area contributed by atoms with Gasteiger partial charge in [-0.05, 0) is 38.1 Å². The van der Waals surface area contributed by atoms with Crippen molar-refractivity contribution in [2.45, 2.75) is 19.5 Å². The molecule has 0 spiro atoms. The van der Waals surface area contributed by atoms with Gasteiger partial charge in [-0.2, -0.15) is 8.79 Å². The second-order valence-electron chi connectivity index (χ2n) is 7.46. The Morgan fingerprint density at radius 1 is 1.19 bits per heavy atom. The second-order valence-corrected chi connectivity index (χ2v) is 7.46. The van der Waals surface area contributed by atoms with Crippen molar-refractivity contribution in [2.75, 3.05) is 7.11 Å². The normalized spacial score (nSPS) is 13.6. The second kappa shape index (κ2) is 6.83. The summed E-state index contributed by atoms with van der Waals surface area (Å²) in [7, 11) is 1.54. The number of hydrogen-bond donors (Lipinski definition) is 1. The third kappa shape index (κ3) is 3.09. The molecule has 0 bridgehead atoms. The molecule has 156 valence electrons. The predicted octanol–water partition coefficient (Wildman–Crippen LogP) is 4.04. The SMILES string of the molecule is COc1cnc2ccc([C@@](C)(F)c3[nH]nc4c(F)cc(-c5cc(C)no5)c[n+]34)cc2c1. The average molecular weight is 422 g/mol. The van der Waals surface area contributed by atoms with Crippen molar-refractivity contribution in [3.63, 3.8) is 0 Å². The minimum atomic E-state index is -2.01. The summed E-state index contributed by atoms with van der Waals surface area (Å²) in [6.07, 6.45) is 3.17. The highest BCUT2D eigenvalue weighted by atomic mass is 19.1. The Kier molecular flexibility index (Phi) is 4.21. The smallest absolute Gasteiger partial charge is 0.342 e. The number of nitrogens with one attached hydrogen (secondary N) is 1. The van der Waals surface area contributed by atoms with E-state index in [9.17, 15) is 4.39 Å². The minimum absolute atomic E-state index is 0.0250. The number of hydrogen-bond acceptors (Lipinski definition) is 5. The van der Waals surface area contributed by atoms with Gasteiger partial charge >= 0.3 is 5.65 Å². The number of fused-ring (bicyclic) bond motifs is 2. The van der Waals surface area contributed by atoms with Gasteiger partial charge < -0.3 is 9.26 Å². The average Bonchev–Trinajstić information content (AvgIpc) is 3.39. The number of benzene rings is 1. The van der Waals surface area contributed by atoms with Crippen LogP contribution < -0.4 is 9.14 Å². The molecule has 0 amide bonds. The number of H-pyrrole nitrogens is 1. The van der Waals surface area contributed by atoms with E-state index in [0.717, 1.165) is 5.39 Å². The number of pyridine rings is 2. The topological polar surface area (TPSA) is 80.9 Å². The Bertz CT molecular complexity index is 1440. The zero-order valence-electron chi connectivity index (χ0n) is 17.0. The number of aromatic nitrogens is 5. The van der Waals surface area contributed by atoms with Crippen LogP contribution in [0.1, 0.15) is 24.0 Å². The van der Waals surface area contributed by atoms with Crippen LogP contribution in [0.15, 0.2) is 53.3 Å². The number of aromatic amines is 1. The first-order valence-corrected chi connectivity index (χ1v) is 9.53. The van der Waals surface area contributed by atoms with Gasteiger partial charge in [-0.3, -0.25) is 4.98 Å². The Morgan fingerprint density at radius 2 is 2.03 bits per heavy atom. The standard InChI is InChI=1S/C22H17F2N5O2/c1-12-6-19(31-28-12)14-9-17(23)20-26-27-21(29(20)11-14)22(2,24)15-4-5-18-13(7-15)8-16(30-3)10-25-18/h4-11H,1-3H3/p+1/t22-/m1/s1. The molecule has 0 aliphatic carbocycles. The zero-order chi connectivity index (χ0) is 21.8. The Labute approximate surface area is 175 Å². The highest BCUT2D eigenvalue weighted by molar-refractivity contribution is 5.80. The first-order valence-electron chi connectivity index (χ1n) is 9.53. The molecule has 0 saturated carbocycles. The fourth-order valence-electron chi connectivity index (χ4n) is 3.61. The van der Waals surface area contributed by atoms with E-state index in [1.807, 2.05) is 0 Å². The molecule has 1 N–H and O–H groups in total. The van der Waals surface area contributed by atoms with Crippen molar-refractivity contribution in [1.29, 1.82) is 0 Å². The molecule has 5 rings (SSSR count). The largest absolute Gasteiger partial charge is 0.495 e. The van der Waals surface area contributed by atoms with Gasteiger partial charge in [-0.1, -0.05) is 11.2 Å². The van der Waals surface area contributed by atoms with Crippen molar-refractivity contribution < 1.29 is 22.4 Å². The van der Waals surface area contributed by atoms with E-state index in [1.54, 1.807) is 56.8 Å². The Balaban J connectivity index is 1.67. The number of halogens is 2. The van der Waals surface area contributed by atoms with Gasteiger partial charge in [0.25, 0.3) is 5.82 Å². The summed E-state index contributed by atoms with van der Waals surface area (Å²) < 4.78 is 42.7. The van der Waals surface area contributed by atoms with E-state index in [2.05, 4.69) is 20.3 Å². The number of aryl methyl sites for hydroxylation is 1. The molecule has 0 fully saturated rings. The molecule has 31 heavy (non-hydrogen) atoms. The van der Waals surface area contributed by atoms with Crippen molar-refractivity contribution in [1.82, 2.24) is 20.3 Å². The van der Waals surface area contributed by atoms with E-state index >= 15 is 4.39 Å². The molecule has 0 aliphatic heterocycles. The fourth-order valence-corrected chi connectivity index (χ4v) is 3.61. The van der Waals surface area contributed by atoms with E-state index in [1.165, 1.54) is 17.4 Å². The third-order valence-corrected chi connectivity index (χ3v) is 5.29. The van der Waals surface area contributed by atoms with Gasteiger partial charge in [0.2, 0.25) is 11.5 Å². The minimum Gasteiger partial charge on any atom is -0.495 e. The summed E-state index contributed by atoms with van der Waals surface area (Å²) in [5, 5.41) is 11.2. The number of rotatable bonds is 4. The molecule has 0 saturated heterocycles. The molecule has 1 aromatic carbocycles. The lowest BCUT2D eigenvalue weighted by molar-refractivity contribution is -0.530. The quantitative estimate of drug-likeness (QED) is 0.442.